The van der Waals surface area contributed by atoms with Gasteiger partial charge in [0.1, 0.15) is 22.3 Å². The monoisotopic (exact) mass is 1720 g/mol. The summed E-state index contributed by atoms with van der Waals surface area (Å²) in [6.45, 7) is 10.7. The zero-order valence-corrected chi connectivity index (χ0v) is 74.4. The molecule has 128 heavy (non-hydrogen) atoms. The number of aryl methyl sites for hydroxylation is 1. The van der Waals surface area contributed by atoms with Crippen LogP contribution in [0.25, 0.3) is 107 Å². The normalized spacial score (nSPS) is 11.9. The number of benzene rings is 12. The Morgan fingerprint density at radius 2 is 0.703 bits per heavy atom. The topological polar surface area (TPSA) is 78.0 Å². The van der Waals surface area contributed by atoms with E-state index in [-0.39, 0.29) is 11.6 Å². The van der Waals surface area contributed by atoms with E-state index in [1.807, 2.05) is 148 Å². The molecule has 17 rings (SSSR count). The Balaban J connectivity index is 0.000000137. The standard InChI is InChI=1S/C27H25NO.C26H25NO.C20H18F3NS.C20H20FNO2.C20H21NO/c1-28(20-25-21-29-27-14-8-7-13-26(25)27)19-9-3-4-10-22-15-17-24(18-16-22)23-11-5-2-6-12-23;1-27(19-24-20-28-26-13-6-5-12-25(24)26)18-8-7-9-21-14-16-23(17-15-21)22-10-3-2-4-11-22;1-24(13-16-14-25-19-7-3-2-6-18(16)19)12-4-5-15-8-10-17(11-9-15)20(21,22)23;1-22(13-16-14-24-19-8-4-3-7-17(16)19)11-5-6-15-9-10-20(23-2)18(21)12-15;1-16-7-5-8-17(13-16)9-6-12-21(2)14-18-15-22-20-11-4-3-10-19(18)20/h2-18,21H,19-20H2,1H3;2-7,9-17,20H,8,18-19H2,1H3;2-11,14H,12-13H2,1H3;3-10,12,14H,11,13H2,1-2H3;3-11,13,15H,12,14H2,1-2H3/b9-3+,10-4+;9-7+;5-4+;6-5+;9-6+. The number of thiophene rings is 1. The van der Waals surface area contributed by atoms with Crippen LogP contribution < -0.4 is 4.74 Å². The summed E-state index contributed by atoms with van der Waals surface area (Å²) >= 11 is 1.74. The molecule has 0 saturated heterocycles. The number of hydrogen-bond acceptors (Lipinski definition) is 11. The van der Waals surface area contributed by atoms with Crippen LogP contribution in [0.1, 0.15) is 73.2 Å². The molecular weight excluding hydrogens is 1620 g/mol. The van der Waals surface area contributed by atoms with E-state index in [2.05, 4.69) is 282 Å². The second-order valence-corrected chi connectivity index (χ2v) is 32.8. The predicted octanol–water partition coefficient (Wildman–Crippen LogP) is 29.1. The number of para-hydroxylation sites is 4. The molecule has 0 saturated carbocycles. The molecule has 0 N–H and O–H groups in total. The van der Waals surface area contributed by atoms with Crippen LogP contribution in [0.3, 0.4) is 0 Å². The van der Waals surface area contributed by atoms with Crippen LogP contribution in [0.4, 0.5) is 17.6 Å². The van der Waals surface area contributed by atoms with Gasteiger partial charge in [0.15, 0.2) is 11.6 Å². The third kappa shape index (κ3) is 27.8. The fourth-order valence-electron chi connectivity index (χ4n) is 14.9. The van der Waals surface area contributed by atoms with E-state index in [0.29, 0.717) is 0 Å². The maximum atomic E-state index is 13.7. The zero-order valence-electron chi connectivity index (χ0n) is 73.6. The molecule has 15 heteroatoms. The van der Waals surface area contributed by atoms with Gasteiger partial charge in [0, 0.05) is 114 Å². The Hall–Kier alpha value is -13.5. The molecule has 0 aliphatic carbocycles. The first-order valence-electron chi connectivity index (χ1n) is 43.0. The number of nitrogens with zero attached hydrogens (tertiary/aromatic N) is 5. The number of likely N-dealkylation sites (N-methyl/N-ethyl adjacent to an activating group) is 4. The molecule has 0 unspecified atom stereocenters. The van der Waals surface area contributed by atoms with Gasteiger partial charge in [-0.3, -0.25) is 19.6 Å². The summed E-state index contributed by atoms with van der Waals surface area (Å²) in [5.74, 6) is -0.0889. The minimum absolute atomic E-state index is 0.260. The number of furan rings is 4. The van der Waals surface area contributed by atoms with E-state index in [1.165, 1.54) is 118 Å². The Bertz CT molecular complexity index is 6470. The zero-order chi connectivity index (χ0) is 89.2. The van der Waals surface area contributed by atoms with Crippen molar-refractivity contribution in [3.63, 3.8) is 0 Å². The molecule has 0 aliphatic rings. The highest BCUT2D eigenvalue weighted by Gasteiger charge is 2.30. The first-order chi connectivity index (χ1) is 62.4. The quantitative estimate of drug-likeness (QED) is 0.0321. The number of halogens is 4. The third-order valence-electron chi connectivity index (χ3n) is 21.6. The maximum absolute atomic E-state index is 13.7. The summed E-state index contributed by atoms with van der Waals surface area (Å²) in [6.07, 6.45) is 29.3. The van der Waals surface area contributed by atoms with Gasteiger partial charge in [-0.1, -0.05) is 321 Å². The summed E-state index contributed by atoms with van der Waals surface area (Å²) in [6, 6.07) is 97.9. The molecule has 0 atom stereocenters. The molecule has 0 spiro atoms. The van der Waals surface area contributed by atoms with Crippen molar-refractivity contribution in [1.29, 1.82) is 0 Å². The van der Waals surface area contributed by atoms with Crippen molar-refractivity contribution in [2.45, 2.75) is 52.2 Å². The second kappa shape index (κ2) is 47.2. The van der Waals surface area contributed by atoms with Gasteiger partial charge in [-0.25, -0.2) is 4.39 Å². The van der Waals surface area contributed by atoms with E-state index in [1.54, 1.807) is 17.4 Å². The number of allylic oxidation sites excluding steroid dienone is 2. The lowest BCUT2D eigenvalue weighted by molar-refractivity contribution is -0.137. The van der Waals surface area contributed by atoms with E-state index in [9.17, 15) is 17.6 Å². The Morgan fingerprint density at radius 3 is 1.15 bits per heavy atom. The van der Waals surface area contributed by atoms with Gasteiger partial charge in [0.25, 0.3) is 0 Å². The van der Waals surface area contributed by atoms with Crippen LogP contribution in [0, 0.1) is 12.7 Å². The Kier molecular flexibility index (Phi) is 34.0. The molecule has 5 heterocycles. The summed E-state index contributed by atoms with van der Waals surface area (Å²) in [7, 11) is 11.9. The summed E-state index contributed by atoms with van der Waals surface area (Å²) in [5.41, 5.74) is 20.9. The van der Waals surface area contributed by atoms with Gasteiger partial charge in [-0.2, -0.15) is 13.2 Å². The molecule has 0 aliphatic heterocycles. The fourth-order valence-corrected chi connectivity index (χ4v) is 15.8. The minimum Gasteiger partial charge on any atom is -0.494 e. The second-order valence-electron chi connectivity index (χ2n) is 31.9. The van der Waals surface area contributed by atoms with Crippen LogP contribution >= 0.6 is 11.3 Å². The van der Waals surface area contributed by atoms with Crippen LogP contribution in [0.5, 0.6) is 5.75 Å². The highest BCUT2D eigenvalue weighted by Crippen LogP contribution is 2.32. The fraction of sp³-hybridized carbons (Fsp3) is 0.168. The lowest BCUT2D eigenvalue weighted by atomic mass is 10.0. The average molecular weight is 1730 g/mol. The smallest absolute Gasteiger partial charge is 0.416 e. The number of fused-ring (bicyclic) bond motifs is 5. The number of ether oxygens (including phenoxy) is 1. The third-order valence-corrected chi connectivity index (χ3v) is 22.6. The van der Waals surface area contributed by atoms with Crippen LogP contribution in [-0.2, 0) is 38.9 Å². The van der Waals surface area contributed by atoms with Crippen molar-refractivity contribution in [2.75, 3.05) is 75.1 Å². The van der Waals surface area contributed by atoms with Gasteiger partial charge in [0.05, 0.1) is 37.7 Å². The summed E-state index contributed by atoms with van der Waals surface area (Å²) in [5, 5.41) is 8.22. The van der Waals surface area contributed by atoms with Crippen molar-refractivity contribution in [2.24, 2.45) is 0 Å². The van der Waals surface area contributed by atoms with E-state index >= 15 is 0 Å². The van der Waals surface area contributed by atoms with E-state index in [0.717, 1.165) is 128 Å². The van der Waals surface area contributed by atoms with Crippen molar-refractivity contribution in [3.05, 3.63) is 443 Å². The lowest BCUT2D eigenvalue weighted by Crippen LogP contribution is -2.18. The highest BCUT2D eigenvalue weighted by molar-refractivity contribution is 7.17. The molecule has 0 bridgehead atoms. The molecule has 5 aromatic heterocycles. The lowest BCUT2D eigenvalue weighted by Gasteiger charge is -2.14. The van der Waals surface area contributed by atoms with Gasteiger partial charge in [-0.15, -0.1) is 11.3 Å². The molecule has 0 fully saturated rings. The Morgan fingerprint density at radius 1 is 0.336 bits per heavy atom. The molecule has 0 radical (unpaired) electrons. The van der Waals surface area contributed by atoms with E-state index < -0.39 is 11.7 Å². The first kappa shape index (κ1) is 92.2. The maximum Gasteiger partial charge on any atom is 0.416 e. The number of methoxy groups -OCH3 is 1. The van der Waals surface area contributed by atoms with Gasteiger partial charge < -0.3 is 27.3 Å². The minimum atomic E-state index is -4.29. The number of hydrogen-bond donors (Lipinski definition) is 0. The predicted molar refractivity (Wildman–Crippen MR) is 527 cm³/mol. The van der Waals surface area contributed by atoms with Crippen LogP contribution in [0.15, 0.2) is 388 Å². The molecule has 17 aromatic rings. The molecule has 0 amide bonds. The molecule has 12 aromatic carbocycles. The highest BCUT2D eigenvalue weighted by atomic mass is 32.1. The molecule has 650 valence electrons. The van der Waals surface area contributed by atoms with E-state index in [4.69, 9.17) is 22.4 Å². The SMILES string of the molecule is CN(C/C=C/C=C/c1ccc(-c2ccccc2)cc1)Cc1coc2ccccc12.CN(C/C=C/c1ccc(C(F)(F)F)cc1)Cc1csc2ccccc12.CN(CC/C=C/c1ccc(-c2ccccc2)cc1)Cc1coc2ccccc12.COc1ccc(/C=C/CN(C)Cc2coc3ccccc23)cc1F.Cc1cccc(/C=C/CN(C)Cc2coc3ccccc23)c1. The van der Waals surface area contributed by atoms with Gasteiger partial charge >= 0.3 is 6.18 Å². The molecular formula is C113H109F4N5O5S. The van der Waals surface area contributed by atoms with Gasteiger partial charge in [-0.05, 0) is 170 Å². The van der Waals surface area contributed by atoms with Crippen LogP contribution in [-0.4, -0.2) is 99.6 Å². The molecule has 10 nitrogen and oxygen atoms in total. The number of alkyl halides is 3. The van der Waals surface area contributed by atoms with Crippen LogP contribution in [0.2, 0.25) is 0 Å². The van der Waals surface area contributed by atoms with Crippen molar-refractivity contribution < 1.29 is 40.0 Å². The largest absolute Gasteiger partial charge is 0.494 e. The van der Waals surface area contributed by atoms with Crippen molar-refractivity contribution >= 4 is 95.7 Å². The summed E-state index contributed by atoms with van der Waals surface area (Å²) < 4.78 is 79.9. The van der Waals surface area contributed by atoms with Gasteiger partial charge in [0.2, 0.25) is 0 Å². The summed E-state index contributed by atoms with van der Waals surface area (Å²) in [4.78, 5) is 11.2. The van der Waals surface area contributed by atoms with Crippen molar-refractivity contribution in [1.82, 2.24) is 24.5 Å². The Labute approximate surface area is 753 Å². The first-order valence-corrected chi connectivity index (χ1v) is 43.9. The number of rotatable bonds is 30. The average Bonchev–Trinajstić information content (AvgIpc) is 1.59. The van der Waals surface area contributed by atoms with Crippen molar-refractivity contribution in [3.8, 4) is 28.0 Å².